The molecule has 7 heteroatoms. The molecule has 1 heterocycles. The van der Waals surface area contributed by atoms with Crippen molar-refractivity contribution in [3.63, 3.8) is 0 Å². The van der Waals surface area contributed by atoms with Crippen molar-refractivity contribution in [2.24, 2.45) is 34.7 Å². The van der Waals surface area contributed by atoms with Crippen molar-refractivity contribution in [3.05, 3.63) is 76.3 Å². The van der Waals surface area contributed by atoms with Crippen molar-refractivity contribution in [1.82, 2.24) is 0 Å². The van der Waals surface area contributed by atoms with Gasteiger partial charge in [-0.05, 0) is 47.8 Å². The van der Waals surface area contributed by atoms with Gasteiger partial charge in [-0.3, -0.25) is 5.01 Å². The standard InChI is InChI=1S/C25H19Cl5N2/c26-21-22(27)25(30)18-15-11-14(17(18)24(21,29)23(25)28)16-19(12-7-3-1-4-8-12)31-32(20(15)16)13-9-5-2-6-10-13/h1-10,14-18,20,23H,11H2/t14-,15-,16-,17?,18?,20-,23+,24+,25-/m0/s1. The summed E-state index contributed by atoms with van der Waals surface area (Å²) in [5.41, 5.74) is 3.36. The Bertz CT molecular complexity index is 1180. The summed E-state index contributed by atoms with van der Waals surface area (Å²) in [5, 5.41) is 7.77. The lowest BCUT2D eigenvalue weighted by Crippen LogP contribution is -2.51. The Hall–Kier alpha value is -0.900. The summed E-state index contributed by atoms with van der Waals surface area (Å²) in [4.78, 5) is -1.84. The van der Waals surface area contributed by atoms with Crippen LogP contribution in [0.5, 0.6) is 0 Å². The predicted molar refractivity (Wildman–Crippen MR) is 133 cm³/mol. The zero-order chi connectivity index (χ0) is 22.0. The average Bonchev–Trinajstić information content (AvgIpc) is 3.57. The minimum Gasteiger partial charge on any atom is -0.261 e. The molecule has 1 aliphatic heterocycles. The van der Waals surface area contributed by atoms with Gasteiger partial charge in [0.15, 0.2) is 0 Å². The maximum Gasteiger partial charge on any atom is 0.103 e. The Balaban J connectivity index is 1.40. The zero-order valence-electron chi connectivity index (χ0n) is 16.8. The highest BCUT2D eigenvalue weighted by Gasteiger charge is 2.82. The van der Waals surface area contributed by atoms with E-state index in [9.17, 15) is 0 Å². The molecule has 3 saturated carbocycles. The first kappa shape index (κ1) is 20.5. The van der Waals surface area contributed by atoms with E-state index in [2.05, 4.69) is 53.5 Å². The first-order valence-corrected chi connectivity index (χ1v) is 12.9. The van der Waals surface area contributed by atoms with Gasteiger partial charge in [0, 0.05) is 5.92 Å². The van der Waals surface area contributed by atoms with Gasteiger partial charge in [0.25, 0.3) is 0 Å². The summed E-state index contributed by atoms with van der Waals surface area (Å²) >= 11 is 34.9. The number of para-hydroxylation sites is 1. The summed E-state index contributed by atoms with van der Waals surface area (Å²) in [5.74, 6) is 0.960. The van der Waals surface area contributed by atoms with Crippen molar-refractivity contribution >= 4 is 69.4 Å². The Morgan fingerprint density at radius 3 is 2.00 bits per heavy atom. The van der Waals surface area contributed by atoms with E-state index in [1.807, 2.05) is 12.1 Å². The van der Waals surface area contributed by atoms with Crippen LogP contribution in [0.2, 0.25) is 0 Å². The first-order valence-electron chi connectivity index (χ1n) is 11.0. The summed E-state index contributed by atoms with van der Waals surface area (Å²) in [6.45, 7) is 0. The fourth-order valence-electron chi connectivity index (χ4n) is 7.64. The summed E-state index contributed by atoms with van der Waals surface area (Å²) in [6, 6.07) is 21.0. The SMILES string of the molecule is ClC1=C(Cl)[C@]2(Cl)C3C([C@@H]4C[C@H]3[C@H]3C(c5ccccc5)=NN(c5ccccc5)[C@H]34)[C@@]1(Cl)[C@@H]2Cl. The molecule has 2 nitrogen and oxygen atoms in total. The number of anilines is 1. The van der Waals surface area contributed by atoms with Crippen molar-refractivity contribution in [3.8, 4) is 0 Å². The molecule has 7 rings (SSSR count). The second kappa shape index (κ2) is 6.61. The van der Waals surface area contributed by atoms with E-state index in [0.29, 0.717) is 16.0 Å². The number of fused-ring (bicyclic) bond motifs is 12. The predicted octanol–water partition coefficient (Wildman–Crippen LogP) is 7.06. The molecule has 9 atom stereocenters. The molecular formula is C25H19Cl5N2. The van der Waals surface area contributed by atoms with Crippen molar-refractivity contribution in [1.29, 1.82) is 0 Å². The quantitative estimate of drug-likeness (QED) is 0.303. The number of hydrogen-bond acceptors (Lipinski definition) is 2. The second-order valence-electron chi connectivity index (χ2n) is 9.69. The van der Waals surface area contributed by atoms with Gasteiger partial charge in [0.1, 0.15) is 9.75 Å². The molecule has 5 aliphatic rings. The highest BCUT2D eigenvalue weighted by atomic mass is 35.5. The van der Waals surface area contributed by atoms with Crippen LogP contribution in [-0.2, 0) is 0 Å². The summed E-state index contributed by atoms with van der Waals surface area (Å²) in [6.07, 6.45) is 1.03. The fraction of sp³-hybridized carbons (Fsp3) is 0.400. The van der Waals surface area contributed by atoms with Crippen LogP contribution in [0.15, 0.2) is 75.8 Å². The maximum atomic E-state index is 7.27. The number of halogens is 5. The molecule has 164 valence electrons. The van der Waals surface area contributed by atoms with Crippen molar-refractivity contribution < 1.29 is 0 Å². The Kier molecular flexibility index (Phi) is 4.23. The molecule has 0 radical (unpaired) electrons. The fourth-order valence-corrected chi connectivity index (χ4v) is 10.3. The van der Waals surface area contributed by atoms with Gasteiger partial charge in [-0.1, -0.05) is 71.7 Å². The molecule has 4 bridgehead atoms. The van der Waals surface area contributed by atoms with Gasteiger partial charge >= 0.3 is 0 Å². The van der Waals surface area contributed by atoms with E-state index in [1.165, 1.54) is 0 Å². The van der Waals surface area contributed by atoms with Crippen LogP contribution in [0.25, 0.3) is 0 Å². The van der Waals surface area contributed by atoms with Gasteiger partial charge in [0.05, 0.1) is 32.9 Å². The Morgan fingerprint density at radius 1 is 0.812 bits per heavy atom. The second-order valence-corrected chi connectivity index (χ2v) is 12.1. The molecule has 0 aromatic heterocycles. The van der Waals surface area contributed by atoms with Crippen LogP contribution in [0.3, 0.4) is 0 Å². The summed E-state index contributed by atoms with van der Waals surface area (Å²) in [7, 11) is 0. The maximum absolute atomic E-state index is 7.27. The van der Waals surface area contributed by atoms with Gasteiger partial charge in [-0.2, -0.15) is 5.10 Å². The van der Waals surface area contributed by atoms with E-state index in [1.54, 1.807) is 0 Å². The highest BCUT2D eigenvalue weighted by Crippen LogP contribution is 2.79. The normalized spacial score (nSPS) is 45.5. The van der Waals surface area contributed by atoms with Gasteiger partial charge in [-0.25, -0.2) is 0 Å². The van der Waals surface area contributed by atoms with Crippen LogP contribution in [0, 0.1) is 29.6 Å². The third-order valence-corrected chi connectivity index (χ3v) is 12.1. The Morgan fingerprint density at radius 2 is 1.38 bits per heavy atom. The molecule has 0 saturated heterocycles. The number of hydrogen-bond donors (Lipinski definition) is 0. The number of rotatable bonds is 2. The molecule has 2 aromatic rings. The lowest BCUT2D eigenvalue weighted by atomic mass is 9.65. The zero-order valence-corrected chi connectivity index (χ0v) is 20.6. The van der Waals surface area contributed by atoms with Crippen LogP contribution in [0.1, 0.15) is 12.0 Å². The highest BCUT2D eigenvalue weighted by molar-refractivity contribution is 6.55. The topological polar surface area (TPSA) is 15.6 Å². The van der Waals surface area contributed by atoms with E-state index in [-0.39, 0.29) is 29.7 Å². The van der Waals surface area contributed by atoms with Gasteiger partial charge in [-0.15, -0.1) is 34.8 Å². The third kappa shape index (κ3) is 2.16. The van der Waals surface area contributed by atoms with Crippen LogP contribution in [-0.4, -0.2) is 26.9 Å². The molecule has 3 fully saturated rings. The summed E-state index contributed by atoms with van der Waals surface area (Å²) < 4.78 is 0. The lowest BCUT2D eigenvalue weighted by Gasteiger charge is -2.45. The van der Waals surface area contributed by atoms with E-state index >= 15 is 0 Å². The molecule has 2 aromatic carbocycles. The number of hydrazone groups is 1. The van der Waals surface area contributed by atoms with Gasteiger partial charge < -0.3 is 0 Å². The lowest BCUT2D eigenvalue weighted by molar-refractivity contribution is 0.173. The van der Waals surface area contributed by atoms with Crippen molar-refractivity contribution in [2.45, 2.75) is 27.6 Å². The monoisotopic (exact) mass is 522 g/mol. The number of nitrogens with zero attached hydrogens (tertiary/aromatic N) is 2. The smallest absolute Gasteiger partial charge is 0.103 e. The molecule has 2 unspecified atom stereocenters. The molecule has 0 amide bonds. The van der Waals surface area contributed by atoms with E-state index in [4.69, 9.17) is 63.1 Å². The number of alkyl halides is 3. The minimum absolute atomic E-state index is 0.0713. The van der Waals surface area contributed by atoms with E-state index in [0.717, 1.165) is 23.4 Å². The van der Waals surface area contributed by atoms with Crippen LogP contribution >= 0.6 is 58.0 Å². The van der Waals surface area contributed by atoms with Crippen molar-refractivity contribution in [2.75, 3.05) is 5.01 Å². The van der Waals surface area contributed by atoms with Crippen LogP contribution < -0.4 is 5.01 Å². The molecular weight excluding hydrogens is 506 g/mol. The first-order chi connectivity index (χ1) is 15.4. The molecule has 4 aliphatic carbocycles. The van der Waals surface area contributed by atoms with Crippen LogP contribution in [0.4, 0.5) is 5.69 Å². The molecule has 0 spiro atoms. The molecule has 0 N–H and O–H groups in total. The molecule has 32 heavy (non-hydrogen) atoms. The largest absolute Gasteiger partial charge is 0.261 e. The number of benzene rings is 2. The van der Waals surface area contributed by atoms with E-state index < -0.39 is 15.1 Å². The minimum atomic E-state index is -0.922. The number of allylic oxidation sites excluding steroid dienone is 2. The van der Waals surface area contributed by atoms with Gasteiger partial charge in [0.2, 0.25) is 0 Å². The average molecular weight is 525 g/mol. The third-order valence-electron chi connectivity index (χ3n) is 8.60. The Labute approximate surface area is 212 Å².